The molecule has 0 saturated heterocycles. The van der Waals surface area contributed by atoms with Gasteiger partial charge in [0.05, 0.1) is 6.61 Å². The van der Waals surface area contributed by atoms with Crippen LogP contribution in [0.25, 0.3) is 0 Å². The van der Waals surface area contributed by atoms with E-state index in [1.807, 2.05) is 0 Å². The second kappa shape index (κ2) is 7.90. The van der Waals surface area contributed by atoms with Crippen molar-refractivity contribution in [1.82, 2.24) is 5.32 Å². The van der Waals surface area contributed by atoms with Crippen LogP contribution in [-0.4, -0.2) is 18.6 Å². The molecular formula is C16H21BrFNO2. The Morgan fingerprint density at radius 2 is 2.14 bits per heavy atom. The molecule has 0 amide bonds. The summed E-state index contributed by atoms with van der Waals surface area (Å²) in [6, 6.07) is 4.04. The van der Waals surface area contributed by atoms with Gasteiger partial charge in [-0.1, -0.05) is 35.2 Å². The predicted octanol–water partition coefficient (Wildman–Crippen LogP) is 4.11. The van der Waals surface area contributed by atoms with E-state index in [0.29, 0.717) is 16.6 Å². The Labute approximate surface area is 133 Å². The van der Waals surface area contributed by atoms with Gasteiger partial charge in [-0.05, 0) is 43.5 Å². The summed E-state index contributed by atoms with van der Waals surface area (Å²) in [5.41, 5.74) is 0.596. The van der Waals surface area contributed by atoms with E-state index < -0.39 is 6.04 Å². The van der Waals surface area contributed by atoms with Crippen molar-refractivity contribution in [2.24, 2.45) is 0 Å². The second-order valence-electron chi connectivity index (χ2n) is 5.35. The summed E-state index contributed by atoms with van der Waals surface area (Å²) in [5.74, 6) is -0.706. The number of hydrogen-bond acceptors (Lipinski definition) is 3. The van der Waals surface area contributed by atoms with Gasteiger partial charge in [-0.25, -0.2) is 9.18 Å². The molecule has 1 atom stereocenters. The predicted molar refractivity (Wildman–Crippen MR) is 83.5 cm³/mol. The van der Waals surface area contributed by atoms with Crippen LogP contribution in [0, 0.1) is 5.82 Å². The number of ether oxygens (including phenoxy) is 1. The van der Waals surface area contributed by atoms with Crippen molar-refractivity contribution >= 4 is 21.9 Å². The van der Waals surface area contributed by atoms with E-state index in [1.54, 1.807) is 13.0 Å². The molecule has 1 fully saturated rings. The molecule has 1 saturated carbocycles. The average Bonchev–Trinajstić information content (AvgIpc) is 2.49. The van der Waals surface area contributed by atoms with E-state index in [1.165, 1.54) is 18.6 Å². The number of esters is 1. The van der Waals surface area contributed by atoms with Gasteiger partial charge in [-0.2, -0.15) is 0 Å². The van der Waals surface area contributed by atoms with Crippen LogP contribution in [0.3, 0.4) is 0 Å². The molecule has 1 N–H and O–H groups in total. The highest BCUT2D eigenvalue weighted by atomic mass is 79.9. The van der Waals surface area contributed by atoms with Crippen molar-refractivity contribution in [3.63, 3.8) is 0 Å². The van der Waals surface area contributed by atoms with Crippen LogP contribution in [0.1, 0.15) is 50.6 Å². The molecule has 1 aromatic rings. The van der Waals surface area contributed by atoms with Crippen molar-refractivity contribution in [2.75, 3.05) is 6.61 Å². The molecule has 0 spiro atoms. The first-order valence-corrected chi connectivity index (χ1v) is 8.28. The molecule has 1 aromatic carbocycles. The van der Waals surface area contributed by atoms with Gasteiger partial charge in [0.15, 0.2) is 0 Å². The molecule has 2 rings (SSSR count). The first kappa shape index (κ1) is 16.4. The van der Waals surface area contributed by atoms with Crippen LogP contribution in [0.4, 0.5) is 4.39 Å². The Morgan fingerprint density at radius 1 is 1.43 bits per heavy atom. The molecule has 116 valence electrons. The highest BCUT2D eigenvalue weighted by Crippen LogP contribution is 2.28. The molecule has 0 radical (unpaired) electrons. The number of rotatable bonds is 5. The standard InChI is InChI=1S/C16H21BrFNO2/c1-2-21-16(20)15(19-12-6-4-3-5-7-12)13-10-11(18)8-9-14(13)17/h8-10,12,15,19H,2-7H2,1H3. The van der Waals surface area contributed by atoms with Crippen LogP contribution < -0.4 is 5.32 Å². The van der Waals surface area contributed by atoms with Crippen molar-refractivity contribution in [3.8, 4) is 0 Å². The van der Waals surface area contributed by atoms with Crippen molar-refractivity contribution < 1.29 is 13.9 Å². The highest BCUT2D eigenvalue weighted by molar-refractivity contribution is 9.10. The monoisotopic (exact) mass is 357 g/mol. The fraction of sp³-hybridized carbons (Fsp3) is 0.562. The molecule has 0 bridgehead atoms. The van der Waals surface area contributed by atoms with Gasteiger partial charge in [0.25, 0.3) is 0 Å². The molecule has 0 aliphatic heterocycles. The molecule has 1 aliphatic carbocycles. The summed E-state index contributed by atoms with van der Waals surface area (Å²) in [6.07, 6.45) is 5.66. The van der Waals surface area contributed by atoms with E-state index in [-0.39, 0.29) is 17.8 Å². The summed E-state index contributed by atoms with van der Waals surface area (Å²) in [5, 5.41) is 3.35. The molecule has 1 aliphatic rings. The molecule has 3 nitrogen and oxygen atoms in total. The van der Waals surface area contributed by atoms with Crippen LogP contribution in [0.15, 0.2) is 22.7 Å². The smallest absolute Gasteiger partial charge is 0.327 e. The zero-order valence-electron chi connectivity index (χ0n) is 12.2. The summed E-state index contributed by atoms with van der Waals surface area (Å²) in [7, 11) is 0. The summed E-state index contributed by atoms with van der Waals surface area (Å²) >= 11 is 3.40. The summed E-state index contributed by atoms with van der Waals surface area (Å²) in [6.45, 7) is 2.09. The van der Waals surface area contributed by atoms with E-state index in [9.17, 15) is 9.18 Å². The lowest BCUT2D eigenvalue weighted by Crippen LogP contribution is -2.39. The van der Waals surface area contributed by atoms with Gasteiger partial charge >= 0.3 is 5.97 Å². The maximum atomic E-state index is 13.5. The number of carbonyl (C=O) groups is 1. The summed E-state index contributed by atoms with van der Waals surface area (Å²) < 4.78 is 19.4. The highest BCUT2D eigenvalue weighted by Gasteiger charge is 2.28. The van der Waals surface area contributed by atoms with E-state index >= 15 is 0 Å². The fourth-order valence-electron chi connectivity index (χ4n) is 2.75. The molecule has 21 heavy (non-hydrogen) atoms. The normalized spacial score (nSPS) is 17.5. The van der Waals surface area contributed by atoms with E-state index in [0.717, 1.165) is 25.7 Å². The maximum absolute atomic E-state index is 13.5. The lowest BCUT2D eigenvalue weighted by atomic mass is 9.94. The summed E-state index contributed by atoms with van der Waals surface area (Å²) in [4.78, 5) is 12.3. The lowest BCUT2D eigenvalue weighted by molar-refractivity contribution is -0.146. The molecule has 0 heterocycles. The van der Waals surface area contributed by atoms with Gasteiger partial charge in [-0.3, -0.25) is 5.32 Å². The fourth-order valence-corrected chi connectivity index (χ4v) is 3.23. The topological polar surface area (TPSA) is 38.3 Å². The zero-order valence-corrected chi connectivity index (χ0v) is 13.8. The maximum Gasteiger partial charge on any atom is 0.327 e. The lowest BCUT2D eigenvalue weighted by Gasteiger charge is -2.28. The minimum absolute atomic E-state index is 0.281. The Kier molecular flexibility index (Phi) is 6.18. The molecule has 0 aromatic heterocycles. The minimum Gasteiger partial charge on any atom is -0.465 e. The number of carbonyl (C=O) groups excluding carboxylic acids is 1. The van der Waals surface area contributed by atoms with Gasteiger partial charge in [0.2, 0.25) is 0 Å². The van der Waals surface area contributed by atoms with Crippen LogP contribution in [0.5, 0.6) is 0 Å². The quantitative estimate of drug-likeness (QED) is 0.805. The molecule has 1 unspecified atom stereocenters. The van der Waals surface area contributed by atoms with Crippen molar-refractivity contribution in [2.45, 2.75) is 51.1 Å². The van der Waals surface area contributed by atoms with Gasteiger partial charge < -0.3 is 4.74 Å². The third-order valence-electron chi connectivity index (χ3n) is 3.80. The second-order valence-corrected chi connectivity index (χ2v) is 6.21. The third-order valence-corrected chi connectivity index (χ3v) is 4.52. The Balaban J connectivity index is 2.22. The number of benzene rings is 1. The largest absolute Gasteiger partial charge is 0.465 e. The molecule has 5 heteroatoms. The Hall–Kier alpha value is -0.940. The minimum atomic E-state index is -0.627. The number of halogens is 2. The number of hydrogen-bond donors (Lipinski definition) is 1. The third kappa shape index (κ3) is 4.51. The SMILES string of the molecule is CCOC(=O)C(NC1CCCCC1)c1cc(F)ccc1Br. The van der Waals surface area contributed by atoms with Gasteiger partial charge in [-0.15, -0.1) is 0 Å². The average molecular weight is 358 g/mol. The van der Waals surface area contributed by atoms with Crippen LogP contribution >= 0.6 is 15.9 Å². The Morgan fingerprint density at radius 3 is 2.81 bits per heavy atom. The van der Waals surface area contributed by atoms with Crippen LogP contribution in [-0.2, 0) is 9.53 Å². The Bertz CT molecular complexity index is 489. The van der Waals surface area contributed by atoms with Gasteiger partial charge in [0, 0.05) is 10.5 Å². The van der Waals surface area contributed by atoms with E-state index in [4.69, 9.17) is 4.74 Å². The first-order valence-electron chi connectivity index (χ1n) is 7.49. The van der Waals surface area contributed by atoms with Crippen LogP contribution in [0.2, 0.25) is 0 Å². The van der Waals surface area contributed by atoms with E-state index in [2.05, 4.69) is 21.2 Å². The van der Waals surface area contributed by atoms with Crippen molar-refractivity contribution in [1.29, 1.82) is 0 Å². The first-order chi connectivity index (χ1) is 10.1. The molecular weight excluding hydrogens is 337 g/mol. The van der Waals surface area contributed by atoms with Crippen molar-refractivity contribution in [3.05, 3.63) is 34.1 Å². The zero-order chi connectivity index (χ0) is 15.2. The van der Waals surface area contributed by atoms with Gasteiger partial charge in [0.1, 0.15) is 11.9 Å². The number of nitrogens with one attached hydrogen (secondary N) is 1.